The fourth-order valence-corrected chi connectivity index (χ4v) is 1.71. The molecule has 1 aliphatic heterocycles. The normalized spacial score (nSPS) is 14.3. The van der Waals surface area contributed by atoms with Gasteiger partial charge in [-0.25, -0.2) is 4.79 Å². The number of nitrogens with one attached hydrogen (secondary N) is 2. The number of hydrogen-bond acceptors (Lipinski definition) is 5. The van der Waals surface area contributed by atoms with Crippen LogP contribution in [0.3, 0.4) is 0 Å². The van der Waals surface area contributed by atoms with Crippen molar-refractivity contribution in [3.8, 4) is 0 Å². The van der Waals surface area contributed by atoms with E-state index < -0.39 is 0 Å². The Hall–Kier alpha value is -2.05. The fraction of sp³-hybridized carbons (Fsp3) is 0.286. The SMILES string of the molecule is Nc1nc2c3c(n1)[nH]c(=O)n3CCN2. The summed E-state index contributed by atoms with van der Waals surface area (Å²) >= 11 is 0. The van der Waals surface area contributed by atoms with Gasteiger partial charge in [0.05, 0.1) is 0 Å². The van der Waals surface area contributed by atoms with Gasteiger partial charge in [0.15, 0.2) is 11.5 Å². The van der Waals surface area contributed by atoms with Gasteiger partial charge in [0.1, 0.15) is 5.52 Å². The van der Waals surface area contributed by atoms with Gasteiger partial charge in [0, 0.05) is 13.1 Å². The number of anilines is 2. The number of nitrogen functional groups attached to an aromatic ring is 1. The van der Waals surface area contributed by atoms with E-state index in [9.17, 15) is 4.79 Å². The average Bonchev–Trinajstić information content (AvgIpc) is 2.45. The molecule has 0 fully saturated rings. The lowest BCUT2D eigenvalue weighted by atomic mass is 10.4. The lowest BCUT2D eigenvalue weighted by molar-refractivity contribution is 0.703. The summed E-state index contributed by atoms with van der Waals surface area (Å²) in [6, 6.07) is 0. The van der Waals surface area contributed by atoms with Gasteiger partial charge in [-0.05, 0) is 0 Å². The Bertz CT molecular complexity index is 567. The fourth-order valence-electron chi connectivity index (χ4n) is 1.71. The Kier molecular flexibility index (Phi) is 1.18. The van der Waals surface area contributed by atoms with Crippen LogP contribution in [0.1, 0.15) is 0 Å². The molecule has 2 aromatic heterocycles. The van der Waals surface area contributed by atoms with E-state index in [0.717, 1.165) is 0 Å². The molecular formula is C7H8N6O. The first-order valence-electron chi connectivity index (χ1n) is 4.25. The maximum Gasteiger partial charge on any atom is 0.327 e. The first-order valence-corrected chi connectivity index (χ1v) is 4.25. The molecule has 2 aromatic rings. The Labute approximate surface area is 78.0 Å². The highest BCUT2D eigenvalue weighted by atomic mass is 16.1. The van der Waals surface area contributed by atoms with Crippen LogP contribution in [0.25, 0.3) is 11.2 Å². The number of nitrogens with two attached hydrogens (primary N) is 1. The molecule has 72 valence electrons. The zero-order chi connectivity index (χ0) is 9.71. The van der Waals surface area contributed by atoms with Gasteiger partial charge < -0.3 is 11.1 Å². The molecule has 3 heterocycles. The topological polar surface area (TPSA) is 102 Å². The summed E-state index contributed by atoms with van der Waals surface area (Å²) in [6.45, 7) is 1.30. The smallest absolute Gasteiger partial charge is 0.327 e. The molecule has 0 atom stereocenters. The zero-order valence-electron chi connectivity index (χ0n) is 7.24. The summed E-state index contributed by atoms with van der Waals surface area (Å²) in [5.74, 6) is 0.785. The minimum absolute atomic E-state index is 0.162. The second kappa shape index (κ2) is 2.25. The molecule has 0 radical (unpaired) electrons. The molecule has 0 amide bonds. The summed E-state index contributed by atoms with van der Waals surface area (Å²) < 4.78 is 1.61. The Morgan fingerprint density at radius 1 is 1.43 bits per heavy atom. The van der Waals surface area contributed by atoms with Crippen LogP contribution in [0.2, 0.25) is 0 Å². The Balaban J connectivity index is 2.55. The molecule has 0 aromatic carbocycles. The zero-order valence-corrected chi connectivity index (χ0v) is 7.24. The third-order valence-corrected chi connectivity index (χ3v) is 2.27. The molecule has 0 unspecified atom stereocenters. The predicted molar refractivity (Wildman–Crippen MR) is 51.1 cm³/mol. The standard InChI is InChI=1S/C7H8N6O/c8-6-10-4-3-5(11-6)12-7(14)13(3)2-1-9-4/h1-2H2,(H4,8,9,10,11,12,14). The monoisotopic (exact) mass is 192 g/mol. The van der Waals surface area contributed by atoms with Crippen molar-refractivity contribution in [3.05, 3.63) is 10.5 Å². The van der Waals surface area contributed by atoms with Crippen molar-refractivity contribution >= 4 is 22.9 Å². The van der Waals surface area contributed by atoms with E-state index in [2.05, 4.69) is 20.3 Å². The van der Waals surface area contributed by atoms with Crippen LogP contribution in [0, 0.1) is 0 Å². The van der Waals surface area contributed by atoms with E-state index in [0.29, 0.717) is 30.1 Å². The first-order chi connectivity index (χ1) is 6.75. The number of imidazole rings is 1. The van der Waals surface area contributed by atoms with Crippen LogP contribution in [0.4, 0.5) is 11.8 Å². The molecule has 0 saturated carbocycles. The van der Waals surface area contributed by atoms with Crippen LogP contribution in [-0.2, 0) is 6.54 Å². The highest BCUT2D eigenvalue weighted by Gasteiger charge is 2.17. The molecule has 3 rings (SSSR count). The molecule has 0 aliphatic carbocycles. The molecule has 1 aliphatic rings. The number of hydrogen-bond donors (Lipinski definition) is 3. The number of aromatic nitrogens is 4. The molecule has 7 heteroatoms. The number of H-pyrrole nitrogens is 1. The molecule has 4 N–H and O–H groups in total. The molecule has 0 saturated heterocycles. The van der Waals surface area contributed by atoms with Gasteiger partial charge in [0.25, 0.3) is 0 Å². The summed E-state index contributed by atoms with van der Waals surface area (Å²) in [7, 11) is 0. The quantitative estimate of drug-likeness (QED) is 0.503. The number of aromatic amines is 1. The highest BCUT2D eigenvalue weighted by Crippen LogP contribution is 2.20. The van der Waals surface area contributed by atoms with Crippen molar-refractivity contribution in [1.29, 1.82) is 0 Å². The van der Waals surface area contributed by atoms with Crippen molar-refractivity contribution in [2.24, 2.45) is 0 Å². The molecule has 0 bridgehead atoms. The van der Waals surface area contributed by atoms with E-state index in [-0.39, 0.29) is 11.6 Å². The first kappa shape index (κ1) is 7.36. The van der Waals surface area contributed by atoms with Gasteiger partial charge in [0.2, 0.25) is 5.95 Å². The number of nitrogens with zero attached hydrogens (tertiary/aromatic N) is 3. The Morgan fingerprint density at radius 3 is 3.14 bits per heavy atom. The van der Waals surface area contributed by atoms with Crippen molar-refractivity contribution in [1.82, 2.24) is 19.5 Å². The maximum atomic E-state index is 11.4. The average molecular weight is 192 g/mol. The van der Waals surface area contributed by atoms with Crippen molar-refractivity contribution < 1.29 is 0 Å². The third-order valence-electron chi connectivity index (χ3n) is 2.27. The van der Waals surface area contributed by atoms with Gasteiger partial charge in [-0.3, -0.25) is 9.55 Å². The van der Waals surface area contributed by atoms with E-state index in [1.54, 1.807) is 4.57 Å². The van der Waals surface area contributed by atoms with Crippen LogP contribution < -0.4 is 16.7 Å². The van der Waals surface area contributed by atoms with Crippen LogP contribution >= 0.6 is 0 Å². The highest BCUT2D eigenvalue weighted by molar-refractivity contribution is 5.85. The second-order valence-electron chi connectivity index (χ2n) is 3.14. The largest absolute Gasteiger partial charge is 0.368 e. The van der Waals surface area contributed by atoms with Crippen molar-refractivity contribution in [2.75, 3.05) is 17.6 Å². The summed E-state index contributed by atoms with van der Waals surface area (Å²) in [5, 5.41) is 3.07. The molecular weight excluding hydrogens is 184 g/mol. The van der Waals surface area contributed by atoms with E-state index >= 15 is 0 Å². The molecule has 0 spiro atoms. The number of rotatable bonds is 0. The van der Waals surface area contributed by atoms with E-state index in [1.807, 2.05) is 0 Å². The van der Waals surface area contributed by atoms with E-state index in [4.69, 9.17) is 5.73 Å². The van der Waals surface area contributed by atoms with Crippen LogP contribution in [-0.4, -0.2) is 26.1 Å². The lowest BCUT2D eigenvalue weighted by Crippen LogP contribution is -2.25. The lowest BCUT2D eigenvalue weighted by Gasteiger charge is -2.14. The minimum atomic E-state index is -0.164. The summed E-state index contributed by atoms with van der Waals surface area (Å²) in [5.41, 5.74) is 6.52. The van der Waals surface area contributed by atoms with Crippen LogP contribution in [0.5, 0.6) is 0 Å². The van der Waals surface area contributed by atoms with Crippen LogP contribution in [0.15, 0.2) is 4.79 Å². The maximum absolute atomic E-state index is 11.4. The Morgan fingerprint density at radius 2 is 2.29 bits per heavy atom. The van der Waals surface area contributed by atoms with Crippen molar-refractivity contribution in [3.63, 3.8) is 0 Å². The molecule has 14 heavy (non-hydrogen) atoms. The van der Waals surface area contributed by atoms with E-state index in [1.165, 1.54) is 0 Å². The van der Waals surface area contributed by atoms with Crippen molar-refractivity contribution in [2.45, 2.75) is 6.54 Å². The molecule has 7 nitrogen and oxygen atoms in total. The third kappa shape index (κ3) is 0.781. The minimum Gasteiger partial charge on any atom is -0.368 e. The van der Waals surface area contributed by atoms with Gasteiger partial charge in [-0.2, -0.15) is 9.97 Å². The van der Waals surface area contributed by atoms with Gasteiger partial charge >= 0.3 is 5.69 Å². The predicted octanol–water partition coefficient (Wildman–Crippen LogP) is -0.873. The summed E-state index contributed by atoms with van der Waals surface area (Å²) in [4.78, 5) is 22.0. The summed E-state index contributed by atoms with van der Waals surface area (Å²) in [6.07, 6.45) is 0. The second-order valence-corrected chi connectivity index (χ2v) is 3.14. The van der Waals surface area contributed by atoms with Gasteiger partial charge in [-0.1, -0.05) is 0 Å². The van der Waals surface area contributed by atoms with Gasteiger partial charge in [-0.15, -0.1) is 0 Å².